The molecule has 0 unspecified atom stereocenters. The summed E-state index contributed by atoms with van der Waals surface area (Å²) in [6.07, 6.45) is 1.48. The van der Waals surface area contributed by atoms with Gasteiger partial charge in [0.15, 0.2) is 5.75 Å². The normalized spacial score (nSPS) is 10.6. The maximum Gasteiger partial charge on any atom is 0.274 e. The lowest BCUT2D eigenvalue weighted by molar-refractivity contribution is 0.101. The Kier molecular flexibility index (Phi) is 5.34. The largest absolute Gasteiger partial charge is 0.483 e. The van der Waals surface area contributed by atoms with Crippen molar-refractivity contribution in [2.45, 2.75) is 13.5 Å². The molecule has 0 atom stereocenters. The topological polar surface area (TPSA) is 86.1 Å². The SMILES string of the molecule is Cc1nnc(NC(=O)c2cc(=O)c(OCc3cccc(Cl)c3)cn2C)s1. The van der Waals surface area contributed by atoms with E-state index in [1.807, 2.05) is 12.1 Å². The molecule has 0 fully saturated rings. The van der Waals surface area contributed by atoms with Crippen LogP contribution in [0.5, 0.6) is 5.75 Å². The number of aromatic nitrogens is 3. The van der Waals surface area contributed by atoms with E-state index in [2.05, 4.69) is 15.5 Å². The monoisotopic (exact) mass is 390 g/mol. The van der Waals surface area contributed by atoms with Crippen molar-refractivity contribution in [2.24, 2.45) is 7.05 Å². The van der Waals surface area contributed by atoms with E-state index in [0.29, 0.717) is 10.2 Å². The number of hydrogen-bond donors (Lipinski definition) is 1. The van der Waals surface area contributed by atoms with Crippen LogP contribution in [0.25, 0.3) is 0 Å². The van der Waals surface area contributed by atoms with Crippen molar-refractivity contribution in [1.29, 1.82) is 0 Å². The number of ether oxygens (including phenoxy) is 1. The summed E-state index contributed by atoms with van der Waals surface area (Å²) in [6.45, 7) is 1.99. The van der Waals surface area contributed by atoms with Gasteiger partial charge in [-0.25, -0.2) is 0 Å². The molecule has 0 saturated carbocycles. The number of amides is 1. The Morgan fingerprint density at radius 1 is 1.35 bits per heavy atom. The van der Waals surface area contributed by atoms with Gasteiger partial charge >= 0.3 is 0 Å². The second-order valence-corrected chi connectivity index (χ2v) is 7.12. The smallest absolute Gasteiger partial charge is 0.274 e. The molecular weight excluding hydrogens is 376 g/mol. The van der Waals surface area contributed by atoms with Crippen molar-refractivity contribution in [3.8, 4) is 5.75 Å². The minimum absolute atomic E-state index is 0.149. The van der Waals surface area contributed by atoms with E-state index in [1.54, 1.807) is 26.1 Å². The molecule has 0 radical (unpaired) electrons. The van der Waals surface area contributed by atoms with E-state index in [1.165, 1.54) is 28.2 Å². The maximum atomic E-state index is 12.3. The Morgan fingerprint density at radius 2 is 2.15 bits per heavy atom. The molecule has 2 heterocycles. The summed E-state index contributed by atoms with van der Waals surface area (Å²) in [5.41, 5.74) is 0.648. The Bertz CT molecular complexity index is 1020. The summed E-state index contributed by atoms with van der Waals surface area (Å²) >= 11 is 7.19. The quantitative estimate of drug-likeness (QED) is 0.723. The van der Waals surface area contributed by atoms with Crippen molar-refractivity contribution in [3.05, 3.63) is 68.0 Å². The average molecular weight is 391 g/mol. The van der Waals surface area contributed by atoms with Crippen LogP contribution in [0.2, 0.25) is 5.02 Å². The van der Waals surface area contributed by atoms with Crippen molar-refractivity contribution >= 4 is 34.0 Å². The van der Waals surface area contributed by atoms with E-state index >= 15 is 0 Å². The minimum Gasteiger partial charge on any atom is -0.483 e. The molecule has 134 valence electrons. The highest BCUT2D eigenvalue weighted by Crippen LogP contribution is 2.16. The lowest BCUT2D eigenvalue weighted by atomic mass is 10.2. The minimum atomic E-state index is -0.442. The fourth-order valence-electron chi connectivity index (χ4n) is 2.24. The first-order valence-corrected chi connectivity index (χ1v) is 8.81. The molecule has 0 aliphatic rings. The van der Waals surface area contributed by atoms with Gasteiger partial charge in [-0.3, -0.25) is 14.9 Å². The van der Waals surface area contributed by atoms with Gasteiger partial charge in [-0.2, -0.15) is 0 Å². The first-order valence-electron chi connectivity index (χ1n) is 7.62. The zero-order valence-corrected chi connectivity index (χ0v) is 15.6. The van der Waals surface area contributed by atoms with Crippen molar-refractivity contribution in [3.63, 3.8) is 0 Å². The van der Waals surface area contributed by atoms with Crippen LogP contribution in [0.4, 0.5) is 5.13 Å². The molecule has 9 heteroatoms. The van der Waals surface area contributed by atoms with E-state index in [0.717, 1.165) is 10.6 Å². The fourth-order valence-corrected chi connectivity index (χ4v) is 3.04. The average Bonchev–Trinajstić information content (AvgIpc) is 3.00. The third kappa shape index (κ3) is 4.27. The lowest BCUT2D eigenvalue weighted by Gasteiger charge is -2.11. The third-order valence-electron chi connectivity index (χ3n) is 3.46. The van der Waals surface area contributed by atoms with Gasteiger partial charge in [0.1, 0.15) is 17.3 Å². The van der Waals surface area contributed by atoms with Gasteiger partial charge in [0.05, 0.1) is 6.20 Å². The van der Waals surface area contributed by atoms with Crippen LogP contribution in [-0.4, -0.2) is 20.7 Å². The maximum absolute atomic E-state index is 12.3. The molecule has 0 bridgehead atoms. The number of anilines is 1. The number of rotatable bonds is 5. The third-order valence-corrected chi connectivity index (χ3v) is 4.45. The number of nitrogens with one attached hydrogen (secondary N) is 1. The molecule has 0 aliphatic carbocycles. The summed E-state index contributed by atoms with van der Waals surface area (Å²) in [7, 11) is 1.66. The predicted molar refractivity (Wildman–Crippen MR) is 100 cm³/mol. The van der Waals surface area contributed by atoms with Crippen molar-refractivity contribution in [1.82, 2.24) is 14.8 Å². The van der Waals surface area contributed by atoms with Crippen molar-refractivity contribution < 1.29 is 9.53 Å². The van der Waals surface area contributed by atoms with Gasteiger partial charge in [0.25, 0.3) is 5.91 Å². The summed E-state index contributed by atoms with van der Waals surface area (Å²) in [5.74, 6) is -0.294. The summed E-state index contributed by atoms with van der Waals surface area (Å²) < 4.78 is 7.10. The second-order valence-electron chi connectivity index (χ2n) is 5.50. The Balaban J connectivity index is 1.75. The first-order chi connectivity index (χ1) is 12.4. The van der Waals surface area contributed by atoms with Crippen LogP contribution in [0.1, 0.15) is 21.1 Å². The highest BCUT2D eigenvalue weighted by Gasteiger charge is 2.14. The number of carbonyl (C=O) groups excluding carboxylic acids is 1. The van der Waals surface area contributed by atoms with Gasteiger partial charge in [-0.15, -0.1) is 10.2 Å². The van der Waals surface area contributed by atoms with E-state index in [9.17, 15) is 9.59 Å². The number of aryl methyl sites for hydroxylation is 2. The van der Waals surface area contributed by atoms with Gasteiger partial charge < -0.3 is 9.30 Å². The van der Waals surface area contributed by atoms with Crippen LogP contribution < -0.4 is 15.5 Å². The zero-order valence-electron chi connectivity index (χ0n) is 14.0. The highest BCUT2D eigenvalue weighted by molar-refractivity contribution is 7.15. The Hall–Kier alpha value is -2.71. The molecule has 0 aliphatic heterocycles. The Labute approximate surface area is 158 Å². The molecule has 26 heavy (non-hydrogen) atoms. The fraction of sp³-hybridized carbons (Fsp3) is 0.176. The molecule has 0 spiro atoms. The molecule has 1 aromatic carbocycles. The molecule has 2 aromatic heterocycles. The number of halogens is 1. The molecule has 3 rings (SSSR count). The van der Waals surface area contributed by atoms with E-state index < -0.39 is 5.91 Å². The lowest BCUT2D eigenvalue weighted by Crippen LogP contribution is -2.21. The summed E-state index contributed by atoms with van der Waals surface area (Å²) in [4.78, 5) is 24.6. The van der Waals surface area contributed by atoms with Gasteiger partial charge in [-0.1, -0.05) is 35.1 Å². The zero-order chi connectivity index (χ0) is 18.7. The van der Waals surface area contributed by atoms with Crippen LogP contribution >= 0.6 is 22.9 Å². The highest BCUT2D eigenvalue weighted by atomic mass is 35.5. The number of hydrogen-bond acceptors (Lipinski definition) is 6. The van der Waals surface area contributed by atoms with Crippen molar-refractivity contribution in [2.75, 3.05) is 5.32 Å². The van der Waals surface area contributed by atoms with Crippen LogP contribution in [0.3, 0.4) is 0 Å². The Morgan fingerprint density at radius 3 is 2.85 bits per heavy atom. The summed E-state index contributed by atoms with van der Waals surface area (Å²) in [6, 6.07) is 8.41. The van der Waals surface area contributed by atoms with Crippen LogP contribution in [0.15, 0.2) is 41.3 Å². The standard InChI is InChI=1S/C17H15ClN4O3S/c1-10-20-21-17(26-10)19-16(24)13-7-14(23)15(8-22(13)2)25-9-11-4-3-5-12(18)6-11/h3-8H,9H2,1-2H3,(H,19,21,24). The number of carbonyl (C=O) groups is 1. The van der Waals surface area contributed by atoms with Crippen LogP contribution in [-0.2, 0) is 13.7 Å². The summed E-state index contributed by atoms with van der Waals surface area (Å²) in [5, 5.41) is 12.0. The van der Waals surface area contributed by atoms with E-state index in [-0.39, 0.29) is 23.5 Å². The van der Waals surface area contributed by atoms with Crippen LogP contribution in [0, 0.1) is 6.92 Å². The molecule has 0 saturated heterocycles. The van der Waals surface area contributed by atoms with Gasteiger partial charge in [0, 0.05) is 18.1 Å². The molecule has 1 amide bonds. The molecular formula is C17H15ClN4O3S. The van der Waals surface area contributed by atoms with Gasteiger partial charge in [0.2, 0.25) is 10.6 Å². The number of pyridine rings is 1. The molecule has 1 N–H and O–H groups in total. The predicted octanol–water partition coefficient (Wildman–Crippen LogP) is 3.03. The van der Waals surface area contributed by atoms with E-state index in [4.69, 9.17) is 16.3 Å². The van der Waals surface area contributed by atoms with Gasteiger partial charge in [-0.05, 0) is 24.6 Å². The second kappa shape index (κ2) is 7.67. The molecule has 3 aromatic rings. The number of benzene rings is 1. The first kappa shape index (κ1) is 18.1. The molecule has 7 nitrogen and oxygen atoms in total. The number of nitrogens with zero attached hydrogens (tertiary/aromatic N) is 3.